The first-order chi connectivity index (χ1) is 9.17. The van der Waals surface area contributed by atoms with Crippen LogP contribution in [0.15, 0.2) is 0 Å². The highest BCUT2D eigenvalue weighted by molar-refractivity contribution is 5.90. The highest BCUT2D eigenvalue weighted by atomic mass is 16.2. The molecule has 0 aromatic rings. The van der Waals surface area contributed by atoms with E-state index in [-0.39, 0.29) is 23.9 Å². The van der Waals surface area contributed by atoms with E-state index < -0.39 is 0 Å². The first-order valence-corrected chi connectivity index (χ1v) is 7.48. The monoisotopic (exact) mass is 267 g/mol. The van der Waals surface area contributed by atoms with Gasteiger partial charge >= 0.3 is 0 Å². The quantitative estimate of drug-likeness (QED) is 0.783. The van der Waals surface area contributed by atoms with Crippen LogP contribution in [0.25, 0.3) is 0 Å². The van der Waals surface area contributed by atoms with Gasteiger partial charge in [-0.25, -0.2) is 0 Å². The average molecular weight is 267 g/mol. The van der Waals surface area contributed by atoms with Crippen LogP contribution in [0.5, 0.6) is 0 Å². The van der Waals surface area contributed by atoms with Crippen molar-refractivity contribution in [3.05, 3.63) is 0 Å². The summed E-state index contributed by atoms with van der Waals surface area (Å²) in [4.78, 5) is 26.2. The predicted octanol–water partition coefficient (Wildman–Crippen LogP) is 0.502. The second kappa shape index (κ2) is 6.37. The van der Waals surface area contributed by atoms with Gasteiger partial charge in [0.05, 0.1) is 6.04 Å². The largest absolute Gasteiger partial charge is 0.353 e. The third-order valence-corrected chi connectivity index (χ3v) is 4.39. The fourth-order valence-electron chi connectivity index (χ4n) is 3.14. The van der Waals surface area contributed by atoms with E-state index in [9.17, 15) is 9.59 Å². The summed E-state index contributed by atoms with van der Waals surface area (Å²) >= 11 is 0. The number of carbonyl (C=O) groups excluding carboxylic acids is 2. The minimum Gasteiger partial charge on any atom is -0.353 e. The Morgan fingerprint density at radius 1 is 1.32 bits per heavy atom. The first kappa shape index (κ1) is 14.3. The third-order valence-electron chi connectivity index (χ3n) is 4.39. The van der Waals surface area contributed by atoms with Crippen LogP contribution in [-0.2, 0) is 9.59 Å². The average Bonchev–Trinajstić information content (AvgIpc) is 2.46. The molecule has 0 spiro atoms. The molecule has 2 amide bonds. The molecule has 0 aliphatic carbocycles. The molecule has 0 saturated carbocycles. The molecule has 2 N–H and O–H groups in total. The van der Waals surface area contributed by atoms with E-state index >= 15 is 0 Å². The number of hydrogen-bond donors (Lipinski definition) is 2. The lowest BCUT2D eigenvalue weighted by Crippen LogP contribution is -2.61. The van der Waals surface area contributed by atoms with Crippen molar-refractivity contribution in [2.45, 2.75) is 51.6 Å². The first-order valence-electron chi connectivity index (χ1n) is 7.48. The van der Waals surface area contributed by atoms with E-state index in [1.54, 1.807) is 4.90 Å². The van der Waals surface area contributed by atoms with Gasteiger partial charge in [-0.3, -0.25) is 9.59 Å². The number of amides is 2. The summed E-state index contributed by atoms with van der Waals surface area (Å²) in [6, 6.07) is -0.385. The maximum absolute atomic E-state index is 12.6. The second-order valence-electron chi connectivity index (χ2n) is 5.55. The summed E-state index contributed by atoms with van der Waals surface area (Å²) in [6.07, 6.45) is 3.87. The van der Waals surface area contributed by atoms with Gasteiger partial charge in [0.1, 0.15) is 6.04 Å². The molecule has 5 heteroatoms. The zero-order chi connectivity index (χ0) is 13.8. The van der Waals surface area contributed by atoms with Crippen LogP contribution in [0.1, 0.15) is 39.5 Å². The van der Waals surface area contributed by atoms with Crippen LogP contribution in [0.4, 0.5) is 0 Å². The Balaban J connectivity index is 2.03. The number of rotatable bonds is 3. The molecule has 2 aliphatic heterocycles. The van der Waals surface area contributed by atoms with Crippen molar-refractivity contribution in [2.24, 2.45) is 5.92 Å². The van der Waals surface area contributed by atoms with Gasteiger partial charge in [0, 0.05) is 13.1 Å². The molecule has 0 radical (unpaired) electrons. The van der Waals surface area contributed by atoms with E-state index in [4.69, 9.17) is 0 Å². The zero-order valence-corrected chi connectivity index (χ0v) is 11.9. The van der Waals surface area contributed by atoms with Gasteiger partial charge in [-0.05, 0) is 31.7 Å². The van der Waals surface area contributed by atoms with Gasteiger partial charge in [0.25, 0.3) is 0 Å². The summed E-state index contributed by atoms with van der Waals surface area (Å²) in [5.41, 5.74) is 0. The Bertz CT molecular complexity index is 346. The van der Waals surface area contributed by atoms with Gasteiger partial charge in [0.15, 0.2) is 0 Å². The molecule has 0 bridgehead atoms. The smallest absolute Gasteiger partial charge is 0.242 e. The van der Waals surface area contributed by atoms with E-state index in [0.29, 0.717) is 25.4 Å². The Labute approximate surface area is 115 Å². The van der Waals surface area contributed by atoms with Crippen molar-refractivity contribution in [3.63, 3.8) is 0 Å². The van der Waals surface area contributed by atoms with Crippen molar-refractivity contribution in [1.29, 1.82) is 0 Å². The Kier molecular flexibility index (Phi) is 4.80. The topological polar surface area (TPSA) is 61.4 Å². The molecule has 2 fully saturated rings. The molecule has 2 aliphatic rings. The predicted molar refractivity (Wildman–Crippen MR) is 73.6 cm³/mol. The zero-order valence-electron chi connectivity index (χ0n) is 11.9. The number of nitrogens with zero attached hydrogens (tertiary/aromatic N) is 1. The molecule has 2 rings (SSSR count). The van der Waals surface area contributed by atoms with Crippen molar-refractivity contribution in [2.75, 3.05) is 19.6 Å². The molecular formula is C14H25N3O2. The molecule has 19 heavy (non-hydrogen) atoms. The van der Waals surface area contributed by atoms with Gasteiger partial charge in [-0.2, -0.15) is 0 Å². The van der Waals surface area contributed by atoms with Crippen molar-refractivity contribution in [1.82, 2.24) is 15.5 Å². The number of piperidine rings is 1. The van der Waals surface area contributed by atoms with Crippen LogP contribution in [0.3, 0.4) is 0 Å². The van der Waals surface area contributed by atoms with Gasteiger partial charge < -0.3 is 15.5 Å². The van der Waals surface area contributed by atoms with Gasteiger partial charge in [0.2, 0.25) is 11.8 Å². The summed E-state index contributed by atoms with van der Waals surface area (Å²) in [5, 5.41) is 6.15. The molecule has 108 valence electrons. The number of hydrogen-bond acceptors (Lipinski definition) is 3. The highest BCUT2D eigenvalue weighted by Crippen LogP contribution is 2.22. The Hall–Kier alpha value is -1.10. The van der Waals surface area contributed by atoms with E-state index in [0.717, 1.165) is 25.8 Å². The molecule has 3 atom stereocenters. The van der Waals surface area contributed by atoms with Crippen LogP contribution in [-0.4, -0.2) is 48.4 Å². The van der Waals surface area contributed by atoms with Crippen LogP contribution in [0.2, 0.25) is 0 Å². The molecule has 5 nitrogen and oxygen atoms in total. The third kappa shape index (κ3) is 3.08. The van der Waals surface area contributed by atoms with Crippen molar-refractivity contribution >= 4 is 11.8 Å². The second-order valence-corrected chi connectivity index (χ2v) is 5.55. The maximum atomic E-state index is 12.6. The van der Waals surface area contributed by atoms with Crippen LogP contribution < -0.4 is 10.6 Å². The molecule has 2 saturated heterocycles. The lowest BCUT2D eigenvalue weighted by molar-refractivity contribution is -0.145. The van der Waals surface area contributed by atoms with Crippen LogP contribution >= 0.6 is 0 Å². The lowest BCUT2D eigenvalue weighted by Gasteiger charge is -2.39. The molecule has 2 heterocycles. The van der Waals surface area contributed by atoms with Gasteiger partial charge in [-0.15, -0.1) is 0 Å². The summed E-state index contributed by atoms with van der Waals surface area (Å²) < 4.78 is 0. The number of nitrogens with one attached hydrogen (secondary N) is 2. The summed E-state index contributed by atoms with van der Waals surface area (Å²) in [6.45, 7) is 6.26. The SMILES string of the molecule is CCC1CCNC(C(=O)N2CCNC(=O)C2CC)C1. The molecule has 3 unspecified atom stereocenters. The summed E-state index contributed by atoms with van der Waals surface area (Å²) in [7, 11) is 0. The minimum atomic E-state index is -0.287. The molecule has 0 aromatic carbocycles. The fraction of sp³-hybridized carbons (Fsp3) is 0.857. The Morgan fingerprint density at radius 3 is 2.79 bits per heavy atom. The standard InChI is InChI=1S/C14H25N3O2/c1-3-10-5-6-15-11(9-10)14(19)17-8-7-16-13(18)12(17)4-2/h10-12,15H,3-9H2,1-2H3,(H,16,18). The highest BCUT2D eigenvalue weighted by Gasteiger charge is 2.36. The maximum Gasteiger partial charge on any atom is 0.242 e. The van der Waals surface area contributed by atoms with E-state index in [1.165, 1.54) is 0 Å². The van der Waals surface area contributed by atoms with Crippen molar-refractivity contribution in [3.8, 4) is 0 Å². The van der Waals surface area contributed by atoms with Crippen molar-refractivity contribution < 1.29 is 9.59 Å². The minimum absolute atomic E-state index is 0.00930. The van der Waals surface area contributed by atoms with Crippen LogP contribution in [0, 0.1) is 5.92 Å². The molecule has 0 aromatic heterocycles. The summed E-state index contributed by atoms with van der Waals surface area (Å²) in [5.74, 6) is 0.735. The normalized spacial score (nSPS) is 32.0. The van der Waals surface area contributed by atoms with E-state index in [1.807, 2.05) is 6.92 Å². The van der Waals surface area contributed by atoms with Gasteiger partial charge in [-0.1, -0.05) is 20.3 Å². The number of carbonyl (C=O) groups is 2. The van der Waals surface area contributed by atoms with E-state index in [2.05, 4.69) is 17.6 Å². The molecular weight excluding hydrogens is 242 g/mol. The number of piperazine rings is 1. The lowest BCUT2D eigenvalue weighted by atomic mass is 9.89. The Morgan fingerprint density at radius 2 is 2.11 bits per heavy atom. The fourth-order valence-corrected chi connectivity index (χ4v) is 3.14.